The van der Waals surface area contributed by atoms with E-state index in [1.165, 1.54) is 45.3 Å². The summed E-state index contributed by atoms with van der Waals surface area (Å²) in [4.78, 5) is 2.54. The number of benzene rings is 1. The molecule has 2 nitrogen and oxygen atoms in total. The van der Waals surface area contributed by atoms with Gasteiger partial charge in [-0.05, 0) is 76.2 Å². The SMILES string of the molecule is CC(Cc1ccccc1F)N1CCC(C2CCCN2)CC1. The van der Waals surface area contributed by atoms with Crippen LogP contribution in [0.4, 0.5) is 4.39 Å². The molecular formula is C18H27FN2. The summed E-state index contributed by atoms with van der Waals surface area (Å²) in [6.45, 7) is 5.77. The van der Waals surface area contributed by atoms with Gasteiger partial charge in [-0.3, -0.25) is 0 Å². The molecule has 2 aliphatic rings. The highest BCUT2D eigenvalue weighted by Crippen LogP contribution is 2.27. The Hall–Kier alpha value is -0.930. The first-order chi connectivity index (χ1) is 10.2. The second kappa shape index (κ2) is 6.89. The topological polar surface area (TPSA) is 15.3 Å². The molecule has 2 aliphatic heterocycles. The standard InChI is InChI=1S/C18H27FN2/c1-14(13-16-5-2-3-6-17(16)19)21-11-8-15(9-12-21)18-7-4-10-20-18/h2-3,5-6,14-15,18,20H,4,7-13H2,1H3. The van der Waals surface area contributed by atoms with Gasteiger partial charge in [0.15, 0.2) is 0 Å². The van der Waals surface area contributed by atoms with Gasteiger partial charge in [0.1, 0.15) is 5.82 Å². The number of nitrogens with zero attached hydrogens (tertiary/aromatic N) is 1. The van der Waals surface area contributed by atoms with E-state index in [2.05, 4.69) is 17.1 Å². The quantitative estimate of drug-likeness (QED) is 0.916. The molecule has 0 saturated carbocycles. The van der Waals surface area contributed by atoms with E-state index in [9.17, 15) is 4.39 Å². The molecule has 3 heteroatoms. The zero-order chi connectivity index (χ0) is 14.7. The third kappa shape index (κ3) is 3.64. The lowest BCUT2D eigenvalue weighted by atomic mass is 9.87. The van der Waals surface area contributed by atoms with Crippen LogP contribution in [0, 0.1) is 11.7 Å². The molecule has 0 aromatic heterocycles. The molecule has 116 valence electrons. The highest BCUT2D eigenvalue weighted by atomic mass is 19.1. The van der Waals surface area contributed by atoms with Gasteiger partial charge in [0, 0.05) is 12.1 Å². The third-order valence-electron chi connectivity index (χ3n) is 5.34. The first kappa shape index (κ1) is 15.0. The lowest BCUT2D eigenvalue weighted by molar-refractivity contribution is 0.125. The number of likely N-dealkylation sites (tertiary alicyclic amines) is 1. The van der Waals surface area contributed by atoms with Crippen molar-refractivity contribution in [3.8, 4) is 0 Å². The molecule has 2 atom stereocenters. The number of hydrogen-bond donors (Lipinski definition) is 1. The molecule has 1 N–H and O–H groups in total. The molecule has 3 rings (SSSR count). The van der Waals surface area contributed by atoms with Crippen LogP contribution in [-0.2, 0) is 6.42 Å². The van der Waals surface area contributed by atoms with Crippen molar-refractivity contribution >= 4 is 0 Å². The maximum atomic E-state index is 13.8. The van der Waals surface area contributed by atoms with Crippen LogP contribution in [0.15, 0.2) is 24.3 Å². The fourth-order valence-corrected chi connectivity index (χ4v) is 3.99. The van der Waals surface area contributed by atoms with Gasteiger partial charge in [0.2, 0.25) is 0 Å². The van der Waals surface area contributed by atoms with Gasteiger partial charge < -0.3 is 10.2 Å². The monoisotopic (exact) mass is 290 g/mol. The lowest BCUT2D eigenvalue weighted by Gasteiger charge is -2.38. The van der Waals surface area contributed by atoms with Gasteiger partial charge in [-0.2, -0.15) is 0 Å². The largest absolute Gasteiger partial charge is 0.314 e. The Kier molecular flexibility index (Phi) is 4.91. The summed E-state index contributed by atoms with van der Waals surface area (Å²) in [5.41, 5.74) is 0.851. The summed E-state index contributed by atoms with van der Waals surface area (Å²) in [5, 5.41) is 3.65. The average molecular weight is 290 g/mol. The summed E-state index contributed by atoms with van der Waals surface area (Å²) < 4.78 is 13.8. The summed E-state index contributed by atoms with van der Waals surface area (Å²) in [7, 11) is 0. The Morgan fingerprint density at radius 2 is 2.00 bits per heavy atom. The highest BCUT2D eigenvalue weighted by Gasteiger charge is 2.29. The van der Waals surface area contributed by atoms with Crippen molar-refractivity contribution in [3.63, 3.8) is 0 Å². The lowest BCUT2D eigenvalue weighted by Crippen LogP contribution is -2.45. The summed E-state index contributed by atoms with van der Waals surface area (Å²) in [5.74, 6) is 0.791. The zero-order valence-corrected chi connectivity index (χ0v) is 13.0. The van der Waals surface area contributed by atoms with Crippen molar-refractivity contribution in [3.05, 3.63) is 35.6 Å². The number of piperidine rings is 1. The molecular weight excluding hydrogens is 263 g/mol. The Balaban J connectivity index is 1.50. The van der Waals surface area contributed by atoms with Gasteiger partial charge in [-0.1, -0.05) is 18.2 Å². The minimum absolute atomic E-state index is 0.0607. The average Bonchev–Trinajstić information content (AvgIpc) is 3.04. The van der Waals surface area contributed by atoms with Crippen molar-refractivity contribution in [2.75, 3.05) is 19.6 Å². The zero-order valence-electron chi connectivity index (χ0n) is 13.0. The van der Waals surface area contributed by atoms with Gasteiger partial charge in [-0.15, -0.1) is 0 Å². The summed E-state index contributed by atoms with van der Waals surface area (Å²) in [6, 6.07) is 8.38. The van der Waals surface area contributed by atoms with Gasteiger partial charge in [-0.25, -0.2) is 4.39 Å². The summed E-state index contributed by atoms with van der Waals surface area (Å²) >= 11 is 0. The predicted molar refractivity (Wildman–Crippen MR) is 84.9 cm³/mol. The van der Waals surface area contributed by atoms with Gasteiger partial charge >= 0.3 is 0 Å². The van der Waals surface area contributed by atoms with E-state index in [0.29, 0.717) is 6.04 Å². The Bertz CT molecular complexity index is 448. The Labute approximate surface area is 127 Å². The van der Waals surface area contributed by atoms with E-state index < -0.39 is 0 Å². The minimum atomic E-state index is -0.0607. The Morgan fingerprint density at radius 3 is 2.67 bits per heavy atom. The molecule has 0 spiro atoms. The van der Waals surface area contributed by atoms with Crippen LogP contribution in [0.1, 0.15) is 38.2 Å². The van der Waals surface area contributed by atoms with Crippen LogP contribution in [0.2, 0.25) is 0 Å². The number of rotatable bonds is 4. The van der Waals surface area contributed by atoms with Crippen LogP contribution in [0.5, 0.6) is 0 Å². The fraction of sp³-hybridized carbons (Fsp3) is 0.667. The second-order valence-corrected chi connectivity index (χ2v) is 6.72. The van der Waals surface area contributed by atoms with Crippen LogP contribution >= 0.6 is 0 Å². The molecule has 0 radical (unpaired) electrons. The van der Waals surface area contributed by atoms with Crippen molar-refractivity contribution < 1.29 is 4.39 Å². The molecule has 2 fully saturated rings. The summed E-state index contributed by atoms with van der Waals surface area (Å²) in [6.07, 6.45) is 6.10. The van der Waals surface area contributed by atoms with Crippen molar-refractivity contribution in [2.24, 2.45) is 5.92 Å². The number of halogens is 1. The van der Waals surface area contributed by atoms with Gasteiger partial charge in [0.05, 0.1) is 0 Å². The molecule has 0 amide bonds. The maximum absolute atomic E-state index is 13.8. The van der Waals surface area contributed by atoms with Gasteiger partial charge in [0.25, 0.3) is 0 Å². The van der Waals surface area contributed by atoms with E-state index >= 15 is 0 Å². The Morgan fingerprint density at radius 1 is 1.24 bits per heavy atom. The first-order valence-corrected chi connectivity index (χ1v) is 8.45. The molecule has 2 unspecified atom stereocenters. The van der Waals surface area contributed by atoms with Crippen LogP contribution < -0.4 is 5.32 Å². The first-order valence-electron chi connectivity index (χ1n) is 8.45. The molecule has 1 aromatic rings. The smallest absolute Gasteiger partial charge is 0.126 e. The van der Waals surface area contributed by atoms with E-state index in [0.717, 1.165) is 23.9 Å². The normalized spacial score (nSPS) is 26.1. The van der Waals surface area contributed by atoms with E-state index in [1.54, 1.807) is 12.1 Å². The molecule has 1 aromatic carbocycles. The molecule has 0 aliphatic carbocycles. The van der Waals surface area contributed by atoms with Crippen LogP contribution in [-0.4, -0.2) is 36.6 Å². The third-order valence-corrected chi connectivity index (χ3v) is 5.34. The molecule has 2 heterocycles. The number of nitrogens with one attached hydrogen (secondary N) is 1. The van der Waals surface area contributed by atoms with Crippen LogP contribution in [0.3, 0.4) is 0 Å². The highest BCUT2D eigenvalue weighted by molar-refractivity contribution is 5.18. The molecule has 2 saturated heterocycles. The molecule has 21 heavy (non-hydrogen) atoms. The van der Waals surface area contributed by atoms with Crippen LogP contribution in [0.25, 0.3) is 0 Å². The number of hydrogen-bond acceptors (Lipinski definition) is 2. The maximum Gasteiger partial charge on any atom is 0.126 e. The second-order valence-electron chi connectivity index (χ2n) is 6.72. The van der Waals surface area contributed by atoms with Crippen molar-refractivity contribution in [1.82, 2.24) is 10.2 Å². The van der Waals surface area contributed by atoms with Crippen molar-refractivity contribution in [1.29, 1.82) is 0 Å². The fourth-order valence-electron chi connectivity index (χ4n) is 3.99. The van der Waals surface area contributed by atoms with Crippen molar-refractivity contribution in [2.45, 2.75) is 51.1 Å². The van der Waals surface area contributed by atoms with E-state index in [-0.39, 0.29) is 5.82 Å². The van der Waals surface area contributed by atoms with E-state index in [1.807, 2.05) is 12.1 Å². The minimum Gasteiger partial charge on any atom is -0.314 e. The molecule has 0 bridgehead atoms. The van der Waals surface area contributed by atoms with E-state index in [4.69, 9.17) is 0 Å². The predicted octanol–water partition coefficient (Wildman–Crippen LogP) is 3.22.